The molecule has 2 amide bonds. The zero-order chi connectivity index (χ0) is 20.2. The lowest BCUT2D eigenvalue weighted by molar-refractivity contribution is -0.183. The monoisotopic (exact) mass is 387 g/mol. The molecule has 1 saturated heterocycles. The van der Waals surface area contributed by atoms with Crippen LogP contribution in [0.4, 0.5) is 13.2 Å². The van der Waals surface area contributed by atoms with Gasteiger partial charge in [0.25, 0.3) is 11.8 Å². The van der Waals surface area contributed by atoms with Gasteiger partial charge in [0, 0.05) is 46.8 Å². The number of hydrogen-bond acceptors (Lipinski definition) is 5. The molecule has 1 atom stereocenters. The Hall–Kier alpha value is -2.20. The van der Waals surface area contributed by atoms with E-state index >= 15 is 0 Å². The van der Waals surface area contributed by atoms with Gasteiger partial charge in [-0.3, -0.25) is 14.5 Å². The Labute approximate surface area is 155 Å². The molecule has 150 valence electrons. The van der Waals surface area contributed by atoms with Crippen LogP contribution >= 0.6 is 0 Å². The van der Waals surface area contributed by atoms with E-state index in [-0.39, 0.29) is 35.9 Å². The minimum Gasteiger partial charge on any atom is -0.350 e. The van der Waals surface area contributed by atoms with E-state index in [9.17, 15) is 22.8 Å². The summed E-state index contributed by atoms with van der Waals surface area (Å²) in [5, 5.41) is 5.36. The molecular formula is C17H24F3N5O2. The van der Waals surface area contributed by atoms with Crippen molar-refractivity contribution in [1.29, 1.82) is 0 Å². The van der Waals surface area contributed by atoms with Gasteiger partial charge in [0.1, 0.15) is 11.7 Å². The van der Waals surface area contributed by atoms with Crippen LogP contribution in [0.25, 0.3) is 0 Å². The van der Waals surface area contributed by atoms with E-state index in [0.717, 1.165) is 0 Å². The third kappa shape index (κ3) is 5.39. The smallest absolute Gasteiger partial charge is 0.350 e. The molecule has 1 fully saturated rings. The highest BCUT2D eigenvalue weighted by Gasteiger charge is 2.43. The van der Waals surface area contributed by atoms with E-state index < -0.39 is 24.7 Å². The van der Waals surface area contributed by atoms with E-state index in [0.29, 0.717) is 13.1 Å². The van der Waals surface area contributed by atoms with Gasteiger partial charge in [0.2, 0.25) is 0 Å². The highest BCUT2D eigenvalue weighted by molar-refractivity contribution is 5.97. The van der Waals surface area contributed by atoms with Crippen molar-refractivity contribution in [3.8, 4) is 0 Å². The fraction of sp³-hybridized carbons (Fsp3) is 0.588. The first-order valence-corrected chi connectivity index (χ1v) is 8.60. The molecule has 0 radical (unpaired) electrons. The van der Waals surface area contributed by atoms with Gasteiger partial charge in [-0.05, 0) is 19.1 Å². The predicted molar refractivity (Wildman–Crippen MR) is 93.6 cm³/mol. The Morgan fingerprint density at radius 2 is 1.93 bits per heavy atom. The molecule has 1 aromatic rings. The third-order valence-electron chi connectivity index (χ3n) is 4.38. The van der Waals surface area contributed by atoms with Crippen LogP contribution in [0.15, 0.2) is 12.1 Å². The third-order valence-corrected chi connectivity index (χ3v) is 4.38. The molecule has 0 aromatic carbocycles. The van der Waals surface area contributed by atoms with Crippen molar-refractivity contribution >= 4 is 11.8 Å². The Morgan fingerprint density at radius 1 is 1.30 bits per heavy atom. The molecule has 2 rings (SSSR count). The van der Waals surface area contributed by atoms with Crippen LogP contribution in [0.1, 0.15) is 26.5 Å². The molecule has 2 heterocycles. The van der Waals surface area contributed by atoms with E-state index in [2.05, 4.69) is 15.6 Å². The van der Waals surface area contributed by atoms with E-state index in [1.807, 2.05) is 0 Å². The molecule has 1 unspecified atom stereocenters. The number of carbonyl (C=O) groups is 2. The number of halogens is 3. The van der Waals surface area contributed by atoms with Gasteiger partial charge in [0.05, 0.1) is 11.3 Å². The SMILES string of the molecule is Cc1nc(C(=O)N(C)C)ccc1C(=O)NCC(N1CCNCC1)C(F)(F)F. The fourth-order valence-corrected chi connectivity index (χ4v) is 2.88. The highest BCUT2D eigenvalue weighted by Crippen LogP contribution is 2.25. The molecule has 1 aromatic heterocycles. The summed E-state index contributed by atoms with van der Waals surface area (Å²) in [5.41, 5.74) is 0.598. The zero-order valence-corrected chi connectivity index (χ0v) is 15.6. The number of alkyl halides is 3. The quantitative estimate of drug-likeness (QED) is 0.776. The van der Waals surface area contributed by atoms with Crippen molar-refractivity contribution in [2.75, 3.05) is 46.8 Å². The van der Waals surface area contributed by atoms with Gasteiger partial charge in [-0.2, -0.15) is 13.2 Å². The molecule has 7 nitrogen and oxygen atoms in total. The number of pyridine rings is 1. The average Bonchev–Trinajstić information content (AvgIpc) is 2.60. The van der Waals surface area contributed by atoms with Crippen molar-refractivity contribution in [2.45, 2.75) is 19.1 Å². The normalized spacial score (nSPS) is 16.7. The maximum atomic E-state index is 13.4. The van der Waals surface area contributed by atoms with Crippen molar-refractivity contribution in [1.82, 2.24) is 25.4 Å². The number of aryl methyl sites for hydroxylation is 1. The van der Waals surface area contributed by atoms with Gasteiger partial charge < -0.3 is 15.5 Å². The molecule has 0 bridgehead atoms. The summed E-state index contributed by atoms with van der Waals surface area (Å²) >= 11 is 0. The number of piperazine rings is 1. The minimum atomic E-state index is -4.44. The van der Waals surface area contributed by atoms with Gasteiger partial charge in [0.15, 0.2) is 0 Å². The number of nitrogens with one attached hydrogen (secondary N) is 2. The lowest BCUT2D eigenvalue weighted by Crippen LogP contribution is -2.57. The van der Waals surface area contributed by atoms with E-state index in [1.54, 1.807) is 21.0 Å². The second-order valence-corrected chi connectivity index (χ2v) is 6.58. The zero-order valence-electron chi connectivity index (χ0n) is 15.6. The molecule has 2 N–H and O–H groups in total. The first kappa shape index (κ1) is 21.1. The number of aromatic nitrogens is 1. The van der Waals surface area contributed by atoms with Crippen LogP contribution in [-0.2, 0) is 0 Å². The Kier molecular flexibility index (Phi) is 6.77. The maximum absolute atomic E-state index is 13.4. The number of carbonyl (C=O) groups excluding carboxylic acids is 2. The Balaban J connectivity index is 2.08. The summed E-state index contributed by atoms with van der Waals surface area (Å²) < 4.78 is 40.2. The molecule has 0 spiro atoms. The van der Waals surface area contributed by atoms with Crippen LogP contribution in [0.3, 0.4) is 0 Å². The molecule has 1 aliphatic rings. The predicted octanol–water partition coefficient (Wildman–Crippen LogP) is 0.658. The Morgan fingerprint density at radius 3 is 2.44 bits per heavy atom. The van der Waals surface area contributed by atoms with Gasteiger partial charge >= 0.3 is 6.18 Å². The van der Waals surface area contributed by atoms with Gasteiger partial charge in [-0.25, -0.2) is 4.98 Å². The summed E-state index contributed by atoms with van der Waals surface area (Å²) in [6.45, 7) is 2.48. The van der Waals surface area contributed by atoms with Crippen LogP contribution in [0.5, 0.6) is 0 Å². The summed E-state index contributed by atoms with van der Waals surface area (Å²) in [7, 11) is 3.15. The van der Waals surface area contributed by atoms with Gasteiger partial charge in [-0.15, -0.1) is 0 Å². The fourth-order valence-electron chi connectivity index (χ4n) is 2.88. The average molecular weight is 387 g/mol. The van der Waals surface area contributed by atoms with Crippen molar-refractivity contribution in [3.63, 3.8) is 0 Å². The second kappa shape index (κ2) is 8.66. The van der Waals surface area contributed by atoms with Gasteiger partial charge in [-0.1, -0.05) is 0 Å². The number of hydrogen-bond donors (Lipinski definition) is 2. The molecule has 1 aliphatic heterocycles. The van der Waals surface area contributed by atoms with E-state index in [1.165, 1.54) is 21.9 Å². The van der Waals surface area contributed by atoms with Crippen LogP contribution in [-0.4, -0.2) is 85.6 Å². The molecule has 10 heteroatoms. The first-order chi connectivity index (χ1) is 12.6. The standard InChI is InChI=1S/C17H24F3N5O2/c1-11-12(4-5-13(23-11)16(27)24(2)3)15(26)22-10-14(17(18,19)20)25-8-6-21-7-9-25/h4-5,14,21H,6-10H2,1-3H3,(H,22,26). The van der Waals surface area contributed by atoms with Crippen molar-refractivity contribution in [3.05, 3.63) is 29.1 Å². The topological polar surface area (TPSA) is 77.6 Å². The van der Waals surface area contributed by atoms with Crippen LogP contribution in [0.2, 0.25) is 0 Å². The van der Waals surface area contributed by atoms with Crippen molar-refractivity contribution < 1.29 is 22.8 Å². The second-order valence-electron chi connectivity index (χ2n) is 6.58. The molecule has 0 saturated carbocycles. The minimum absolute atomic E-state index is 0.145. The summed E-state index contributed by atoms with van der Waals surface area (Å²) in [6, 6.07) is 1.05. The summed E-state index contributed by atoms with van der Waals surface area (Å²) in [5.74, 6) is -0.964. The maximum Gasteiger partial charge on any atom is 0.405 e. The largest absolute Gasteiger partial charge is 0.405 e. The molecule has 0 aliphatic carbocycles. The molecular weight excluding hydrogens is 363 g/mol. The molecule has 27 heavy (non-hydrogen) atoms. The Bertz CT molecular complexity index is 688. The summed E-state index contributed by atoms with van der Waals surface area (Å²) in [4.78, 5) is 31.0. The number of rotatable bonds is 5. The first-order valence-electron chi connectivity index (χ1n) is 8.60. The highest BCUT2D eigenvalue weighted by atomic mass is 19.4. The van der Waals surface area contributed by atoms with Crippen molar-refractivity contribution in [2.24, 2.45) is 0 Å². The lowest BCUT2D eigenvalue weighted by atomic mass is 10.1. The number of amides is 2. The van der Waals surface area contributed by atoms with Crippen LogP contribution < -0.4 is 10.6 Å². The van der Waals surface area contributed by atoms with E-state index in [4.69, 9.17) is 0 Å². The lowest BCUT2D eigenvalue weighted by Gasteiger charge is -2.35. The van der Waals surface area contributed by atoms with Crippen LogP contribution in [0, 0.1) is 6.92 Å². The summed E-state index contributed by atoms with van der Waals surface area (Å²) in [6.07, 6.45) is -4.44. The number of nitrogens with zero attached hydrogens (tertiary/aromatic N) is 3.